The monoisotopic (exact) mass is 598 g/mol. The van der Waals surface area contributed by atoms with Crippen molar-refractivity contribution >= 4 is 34.8 Å². The number of benzene rings is 1. The number of anilines is 1. The van der Waals surface area contributed by atoms with Crippen LogP contribution in [-0.4, -0.2) is 68.1 Å². The van der Waals surface area contributed by atoms with Gasteiger partial charge in [-0.15, -0.1) is 0 Å². The zero-order valence-electron chi connectivity index (χ0n) is 25.6. The zero-order chi connectivity index (χ0) is 31.6. The molecule has 0 aliphatic carbocycles. The Bertz CT molecular complexity index is 1470. The number of amides is 1. The highest BCUT2D eigenvalue weighted by Gasteiger charge is 2.21. The SMILES string of the molecule is CCCCOc1nc(N)c2[nH]c(=O)n(CCCN(Cc3cccc(CC(=O)OC)c3)C(=O)CCC(=O)OC(C)(C)C)c2n1. The number of nitrogen functional groups attached to an aromatic ring is 1. The third-order valence-corrected chi connectivity index (χ3v) is 6.43. The molecule has 234 valence electrons. The lowest BCUT2D eigenvalue weighted by Crippen LogP contribution is -2.33. The maximum absolute atomic E-state index is 13.3. The van der Waals surface area contributed by atoms with Crippen LogP contribution in [0.1, 0.15) is 70.9 Å². The first-order chi connectivity index (χ1) is 20.4. The number of aromatic nitrogens is 4. The number of aryl methyl sites for hydroxylation is 1. The summed E-state index contributed by atoms with van der Waals surface area (Å²) in [6.07, 6.45) is 2.18. The number of rotatable bonds is 15. The number of hydrogen-bond donors (Lipinski definition) is 2. The molecule has 13 nitrogen and oxygen atoms in total. The van der Waals surface area contributed by atoms with Crippen molar-refractivity contribution in [3.63, 3.8) is 0 Å². The molecule has 3 aromatic rings. The molecule has 1 aromatic carbocycles. The van der Waals surface area contributed by atoms with Crippen molar-refractivity contribution in [2.24, 2.45) is 0 Å². The number of H-pyrrole nitrogens is 1. The van der Waals surface area contributed by atoms with Gasteiger partial charge in [-0.05, 0) is 44.7 Å². The number of esters is 2. The highest BCUT2D eigenvalue weighted by atomic mass is 16.6. The fourth-order valence-corrected chi connectivity index (χ4v) is 4.38. The Hall–Kier alpha value is -4.42. The number of fused-ring (bicyclic) bond motifs is 1. The summed E-state index contributed by atoms with van der Waals surface area (Å²) in [7, 11) is 1.33. The van der Waals surface area contributed by atoms with E-state index in [9.17, 15) is 19.2 Å². The number of nitrogens with zero attached hydrogens (tertiary/aromatic N) is 4. The van der Waals surface area contributed by atoms with Crippen LogP contribution in [0.15, 0.2) is 29.1 Å². The van der Waals surface area contributed by atoms with Crippen molar-refractivity contribution in [2.45, 2.75) is 84.9 Å². The quantitative estimate of drug-likeness (QED) is 0.196. The van der Waals surface area contributed by atoms with E-state index in [1.807, 2.05) is 31.2 Å². The Labute approximate surface area is 250 Å². The van der Waals surface area contributed by atoms with Crippen molar-refractivity contribution < 1.29 is 28.6 Å². The van der Waals surface area contributed by atoms with Gasteiger partial charge in [-0.25, -0.2) is 4.79 Å². The second-order valence-electron chi connectivity index (χ2n) is 11.2. The first-order valence-electron chi connectivity index (χ1n) is 14.4. The third kappa shape index (κ3) is 10.1. The smallest absolute Gasteiger partial charge is 0.327 e. The molecule has 3 rings (SSSR count). The van der Waals surface area contributed by atoms with E-state index in [0.717, 1.165) is 24.0 Å². The molecule has 0 unspecified atom stereocenters. The summed E-state index contributed by atoms with van der Waals surface area (Å²) in [4.78, 5) is 63.0. The Kier molecular flexibility index (Phi) is 11.7. The molecule has 0 atom stereocenters. The molecule has 0 spiro atoms. The predicted molar refractivity (Wildman–Crippen MR) is 160 cm³/mol. The predicted octanol–water partition coefficient (Wildman–Crippen LogP) is 3.14. The van der Waals surface area contributed by atoms with E-state index in [0.29, 0.717) is 24.2 Å². The number of imidazole rings is 1. The maximum atomic E-state index is 13.3. The van der Waals surface area contributed by atoms with E-state index in [2.05, 4.69) is 15.0 Å². The second kappa shape index (κ2) is 15.2. The first-order valence-corrected chi connectivity index (χ1v) is 14.4. The van der Waals surface area contributed by atoms with Gasteiger partial charge >= 0.3 is 23.6 Å². The molecule has 2 heterocycles. The average Bonchev–Trinajstić information content (AvgIpc) is 3.26. The highest BCUT2D eigenvalue weighted by molar-refractivity contribution is 5.82. The molecule has 0 radical (unpaired) electrons. The van der Waals surface area contributed by atoms with Crippen molar-refractivity contribution in [3.05, 3.63) is 45.9 Å². The van der Waals surface area contributed by atoms with Crippen LogP contribution in [0, 0.1) is 0 Å². The van der Waals surface area contributed by atoms with Crippen LogP contribution >= 0.6 is 0 Å². The summed E-state index contributed by atoms with van der Waals surface area (Å²) >= 11 is 0. The van der Waals surface area contributed by atoms with Crippen LogP contribution in [0.2, 0.25) is 0 Å². The fourth-order valence-electron chi connectivity index (χ4n) is 4.38. The van der Waals surface area contributed by atoms with E-state index >= 15 is 0 Å². The topological polar surface area (TPSA) is 172 Å². The van der Waals surface area contributed by atoms with Gasteiger partial charge in [-0.3, -0.25) is 19.0 Å². The molecule has 0 bridgehead atoms. The van der Waals surface area contributed by atoms with Crippen LogP contribution in [0.4, 0.5) is 5.82 Å². The van der Waals surface area contributed by atoms with Gasteiger partial charge in [0, 0.05) is 26.1 Å². The Morgan fingerprint density at radius 1 is 1.07 bits per heavy atom. The van der Waals surface area contributed by atoms with Gasteiger partial charge in [-0.2, -0.15) is 9.97 Å². The number of ether oxygens (including phenoxy) is 3. The van der Waals surface area contributed by atoms with Gasteiger partial charge in [0.25, 0.3) is 0 Å². The first kappa shape index (κ1) is 33.1. The van der Waals surface area contributed by atoms with Crippen molar-refractivity contribution in [2.75, 3.05) is 26.0 Å². The van der Waals surface area contributed by atoms with Crippen molar-refractivity contribution in [1.29, 1.82) is 0 Å². The third-order valence-electron chi connectivity index (χ3n) is 6.43. The largest absolute Gasteiger partial charge is 0.469 e. The summed E-state index contributed by atoms with van der Waals surface area (Å²) < 4.78 is 17.2. The summed E-state index contributed by atoms with van der Waals surface area (Å²) in [5.74, 6) is -0.956. The number of carbonyl (C=O) groups is 3. The molecule has 0 aliphatic rings. The minimum absolute atomic E-state index is 0.0357. The van der Waals surface area contributed by atoms with Crippen LogP contribution in [0.5, 0.6) is 6.01 Å². The van der Waals surface area contributed by atoms with Gasteiger partial charge in [0.15, 0.2) is 11.5 Å². The number of nitrogens with one attached hydrogen (secondary N) is 1. The molecule has 2 aromatic heterocycles. The van der Waals surface area contributed by atoms with E-state index in [1.54, 1.807) is 25.7 Å². The molecule has 13 heteroatoms. The number of nitrogens with two attached hydrogens (primary N) is 1. The van der Waals surface area contributed by atoms with Gasteiger partial charge in [0.2, 0.25) is 5.91 Å². The second-order valence-corrected chi connectivity index (χ2v) is 11.2. The van der Waals surface area contributed by atoms with Gasteiger partial charge in [0.1, 0.15) is 11.1 Å². The lowest BCUT2D eigenvalue weighted by Gasteiger charge is -2.24. The van der Waals surface area contributed by atoms with Crippen molar-refractivity contribution in [1.82, 2.24) is 24.4 Å². The van der Waals surface area contributed by atoms with Crippen LogP contribution < -0.4 is 16.2 Å². The number of hydrogen-bond acceptors (Lipinski definition) is 10. The summed E-state index contributed by atoms with van der Waals surface area (Å²) in [6.45, 7) is 8.54. The fraction of sp³-hybridized carbons (Fsp3) is 0.533. The Morgan fingerprint density at radius 3 is 2.51 bits per heavy atom. The van der Waals surface area contributed by atoms with Crippen LogP contribution in [0.3, 0.4) is 0 Å². The molecule has 43 heavy (non-hydrogen) atoms. The zero-order valence-corrected chi connectivity index (χ0v) is 25.6. The average molecular weight is 599 g/mol. The Balaban J connectivity index is 1.77. The van der Waals surface area contributed by atoms with E-state index in [4.69, 9.17) is 19.9 Å². The number of methoxy groups -OCH3 is 1. The van der Waals surface area contributed by atoms with Gasteiger partial charge < -0.3 is 29.8 Å². The van der Waals surface area contributed by atoms with E-state index in [-0.39, 0.29) is 62.6 Å². The summed E-state index contributed by atoms with van der Waals surface area (Å²) in [5.41, 5.74) is 7.21. The van der Waals surface area contributed by atoms with Crippen molar-refractivity contribution in [3.8, 4) is 6.01 Å². The molecule has 1 amide bonds. The molecule has 0 saturated heterocycles. The van der Waals surface area contributed by atoms with E-state index in [1.165, 1.54) is 11.7 Å². The molecule has 3 N–H and O–H groups in total. The standard InChI is InChI=1S/C30H42N6O7/c1-6-7-16-42-28-33-26(31)25-27(34-28)36(29(40)32-25)15-9-14-35(22(37)12-13-23(38)43-30(2,3)4)19-21-11-8-10-20(17-21)18-24(39)41-5/h8,10-11,17H,6-7,9,12-16,18-19H2,1-5H3,(H,32,40)(H2,31,33,34). The molecule has 0 fully saturated rings. The summed E-state index contributed by atoms with van der Waals surface area (Å²) in [6, 6.07) is 7.42. The molecule has 0 aliphatic heterocycles. The number of unbranched alkanes of at least 4 members (excludes halogenated alkanes) is 1. The minimum atomic E-state index is -0.652. The van der Waals surface area contributed by atoms with E-state index < -0.39 is 17.3 Å². The maximum Gasteiger partial charge on any atom is 0.327 e. The van der Waals surface area contributed by atoms with Crippen LogP contribution in [-0.2, 0) is 43.4 Å². The molecular formula is C30H42N6O7. The molecular weight excluding hydrogens is 556 g/mol. The minimum Gasteiger partial charge on any atom is -0.469 e. The number of carbonyl (C=O) groups excluding carboxylic acids is 3. The molecule has 0 saturated carbocycles. The lowest BCUT2D eigenvalue weighted by atomic mass is 10.1. The highest BCUT2D eigenvalue weighted by Crippen LogP contribution is 2.19. The summed E-state index contributed by atoms with van der Waals surface area (Å²) in [5, 5.41) is 0. The Morgan fingerprint density at radius 2 is 1.81 bits per heavy atom. The lowest BCUT2D eigenvalue weighted by molar-refractivity contribution is -0.156. The van der Waals surface area contributed by atoms with Gasteiger partial charge in [-0.1, -0.05) is 37.6 Å². The normalized spacial score (nSPS) is 11.4. The van der Waals surface area contributed by atoms with Crippen LogP contribution in [0.25, 0.3) is 11.2 Å². The van der Waals surface area contributed by atoms with Gasteiger partial charge in [0.05, 0.1) is 26.6 Å². The number of aromatic amines is 1.